The van der Waals surface area contributed by atoms with E-state index in [-0.39, 0.29) is 5.91 Å². The van der Waals surface area contributed by atoms with Crippen LogP contribution in [0.2, 0.25) is 0 Å². The number of anilines is 2. The third-order valence-electron chi connectivity index (χ3n) is 2.97. The Kier molecular flexibility index (Phi) is 4.79. The summed E-state index contributed by atoms with van der Waals surface area (Å²) in [6.45, 7) is 4.89. The molecule has 0 heterocycles. The Morgan fingerprint density at radius 2 is 1.85 bits per heavy atom. The highest BCUT2D eigenvalue weighted by Crippen LogP contribution is 2.26. The molecular weight excluding hydrogens is 316 g/mol. The summed E-state index contributed by atoms with van der Waals surface area (Å²) in [5.41, 5.74) is 3.52. The lowest BCUT2D eigenvalue weighted by molar-refractivity contribution is 0.102. The molecule has 0 aromatic heterocycles. The van der Waals surface area contributed by atoms with Crippen molar-refractivity contribution < 1.29 is 4.79 Å². The van der Waals surface area contributed by atoms with Crippen LogP contribution in [0.1, 0.15) is 22.8 Å². The standard InChI is InChI=1S/C16H17BrN2O/c1-3-18-13-9-7-12(8-10-13)16(20)19-14-6-4-5-11(2)15(14)17/h4-10,18H,3H2,1-2H3,(H,19,20). The summed E-state index contributed by atoms with van der Waals surface area (Å²) >= 11 is 3.49. The van der Waals surface area contributed by atoms with Crippen molar-refractivity contribution in [1.29, 1.82) is 0 Å². The van der Waals surface area contributed by atoms with E-state index in [0.717, 1.165) is 28.0 Å². The zero-order chi connectivity index (χ0) is 14.5. The van der Waals surface area contributed by atoms with Crippen molar-refractivity contribution in [2.45, 2.75) is 13.8 Å². The van der Waals surface area contributed by atoms with Gasteiger partial charge in [-0.3, -0.25) is 4.79 Å². The lowest BCUT2D eigenvalue weighted by Gasteiger charge is -2.10. The maximum absolute atomic E-state index is 12.2. The third-order valence-corrected chi connectivity index (χ3v) is 4.02. The van der Waals surface area contributed by atoms with Crippen LogP contribution in [0.25, 0.3) is 0 Å². The molecule has 0 saturated heterocycles. The second-order valence-corrected chi connectivity index (χ2v) is 5.29. The van der Waals surface area contributed by atoms with Crippen molar-refractivity contribution in [3.05, 3.63) is 58.1 Å². The van der Waals surface area contributed by atoms with E-state index in [9.17, 15) is 4.79 Å². The number of hydrogen-bond acceptors (Lipinski definition) is 2. The molecule has 0 unspecified atom stereocenters. The van der Waals surface area contributed by atoms with Gasteiger partial charge < -0.3 is 10.6 Å². The molecule has 20 heavy (non-hydrogen) atoms. The van der Waals surface area contributed by atoms with E-state index in [1.165, 1.54) is 0 Å². The fraction of sp³-hybridized carbons (Fsp3) is 0.188. The summed E-state index contributed by atoms with van der Waals surface area (Å²) in [6, 6.07) is 13.2. The molecule has 0 aliphatic heterocycles. The van der Waals surface area contributed by atoms with Crippen molar-refractivity contribution in [3.63, 3.8) is 0 Å². The van der Waals surface area contributed by atoms with Gasteiger partial charge in [0.05, 0.1) is 5.69 Å². The summed E-state index contributed by atoms with van der Waals surface area (Å²) in [7, 11) is 0. The van der Waals surface area contributed by atoms with Crippen LogP contribution >= 0.6 is 15.9 Å². The number of halogens is 1. The van der Waals surface area contributed by atoms with Crippen LogP contribution in [0, 0.1) is 6.92 Å². The topological polar surface area (TPSA) is 41.1 Å². The lowest BCUT2D eigenvalue weighted by Crippen LogP contribution is -2.12. The van der Waals surface area contributed by atoms with E-state index in [0.29, 0.717) is 5.56 Å². The number of rotatable bonds is 4. The maximum atomic E-state index is 12.2. The molecule has 2 aromatic rings. The SMILES string of the molecule is CCNc1ccc(C(=O)Nc2cccc(C)c2Br)cc1. The highest BCUT2D eigenvalue weighted by Gasteiger charge is 2.09. The van der Waals surface area contributed by atoms with Gasteiger partial charge in [-0.2, -0.15) is 0 Å². The number of hydrogen-bond donors (Lipinski definition) is 2. The Bertz CT molecular complexity index is 608. The lowest BCUT2D eigenvalue weighted by atomic mass is 10.1. The molecule has 0 aliphatic carbocycles. The average Bonchev–Trinajstić information content (AvgIpc) is 2.45. The fourth-order valence-corrected chi connectivity index (χ4v) is 2.25. The molecule has 0 bridgehead atoms. The summed E-state index contributed by atoms with van der Waals surface area (Å²) in [5, 5.41) is 6.11. The third kappa shape index (κ3) is 3.39. The second kappa shape index (κ2) is 6.57. The zero-order valence-corrected chi connectivity index (χ0v) is 13.1. The molecule has 2 aromatic carbocycles. The molecule has 0 fully saturated rings. The molecule has 4 heteroatoms. The van der Waals surface area contributed by atoms with Gasteiger partial charge in [-0.15, -0.1) is 0 Å². The number of benzene rings is 2. The molecule has 2 rings (SSSR count). The first-order valence-electron chi connectivity index (χ1n) is 6.52. The van der Waals surface area contributed by atoms with E-state index in [1.54, 1.807) is 0 Å². The minimum Gasteiger partial charge on any atom is -0.385 e. The predicted octanol–water partition coefficient (Wildman–Crippen LogP) is 4.44. The summed E-state index contributed by atoms with van der Waals surface area (Å²) in [5.74, 6) is -0.112. The minimum absolute atomic E-state index is 0.112. The van der Waals surface area contributed by atoms with Crippen molar-refractivity contribution in [3.8, 4) is 0 Å². The van der Waals surface area contributed by atoms with Crippen molar-refractivity contribution in [1.82, 2.24) is 0 Å². The number of aryl methyl sites for hydroxylation is 1. The number of carbonyl (C=O) groups is 1. The van der Waals surface area contributed by atoms with Gasteiger partial charge in [0, 0.05) is 22.3 Å². The van der Waals surface area contributed by atoms with Gasteiger partial charge in [-0.05, 0) is 65.7 Å². The van der Waals surface area contributed by atoms with Gasteiger partial charge in [0.2, 0.25) is 0 Å². The van der Waals surface area contributed by atoms with E-state index >= 15 is 0 Å². The molecule has 0 aliphatic rings. The van der Waals surface area contributed by atoms with Gasteiger partial charge in [-0.1, -0.05) is 12.1 Å². The summed E-state index contributed by atoms with van der Waals surface area (Å²) in [6.07, 6.45) is 0. The Labute approximate surface area is 127 Å². The smallest absolute Gasteiger partial charge is 0.255 e. The first-order chi connectivity index (χ1) is 9.61. The molecule has 1 amide bonds. The average molecular weight is 333 g/mol. The number of nitrogens with one attached hydrogen (secondary N) is 2. The van der Waals surface area contributed by atoms with Gasteiger partial charge in [0.15, 0.2) is 0 Å². The van der Waals surface area contributed by atoms with Crippen LogP contribution in [0.5, 0.6) is 0 Å². The molecule has 3 nitrogen and oxygen atoms in total. The predicted molar refractivity (Wildman–Crippen MR) is 87.4 cm³/mol. The molecule has 0 radical (unpaired) electrons. The van der Waals surface area contributed by atoms with Gasteiger partial charge in [0.1, 0.15) is 0 Å². The first-order valence-corrected chi connectivity index (χ1v) is 7.31. The van der Waals surface area contributed by atoms with Crippen LogP contribution in [0.3, 0.4) is 0 Å². The highest BCUT2D eigenvalue weighted by molar-refractivity contribution is 9.10. The van der Waals surface area contributed by atoms with Crippen molar-refractivity contribution in [2.24, 2.45) is 0 Å². The van der Waals surface area contributed by atoms with Crippen LogP contribution in [0.4, 0.5) is 11.4 Å². The Hall–Kier alpha value is -1.81. The Morgan fingerprint density at radius 3 is 2.50 bits per heavy atom. The van der Waals surface area contributed by atoms with Crippen molar-refractivity contribution in [2.75, 3.05) is 17.2 Å². The molecule has 0 atom stereocenters. The monoisotopic (exact) mass is 332 g/mol. The Morgan fingerprint density at radius 1 is 1.15 bits per heavy atom. The first kappa shape index (κ1) is 14.6. The normalized spacial score (nSPS) is 10.2. The van der Waals surface area contributed by atoms with Crippen LogP contribution in [-0.2, 0) is 0 Å². The largest absolute Gasteiger partial charge is 0.385 e. The van der Waals surface area contributed by atoms with E-state index in [1.807, 2.05) is 56.3 Å². The van der Waals surface area contributed by atoms with Crippen LogP contribution < -0.4 is 10.6 Å². The van der Waals surface area contributed by atoms with E-state index < -0.39 is 0 Å². The summed E-state index contributed by atoms with van der Waals surface area (Å²) < 4.78 is 0.914. The molecule has 0 spiro atoms. The quantitative estimate of drug-likeness (QED) is 0.868. The number of amides is 1. The van der Waals surface area contributed by atoms with Gasteiger partial charge in [-0.25, -0.2) is 0 Å². The fourth-order valence-electron chi connectivity index (χ4n) is 1.88. The second-order valence-electron chi connectivity index (χ2n) is 4.50. The maximum Gasteiger partial charge on any atom is 0.255 e. The molecule has 2 N–H and O–H groups in total. The van der Waals surface area contributed by atoms with Crippen LogP contribution in [-0.4, -0.2) is 12.5 Å². The van der Waals surface area contributed by atoms with Crippen LogP contribution in [0.15, 0.2) is 46.9 Å². The highest BCUT2D eigenvalue weighted by atomic mass is 79.9. The number of carbonyl (C=O) groups excluding carboxylic acids is 1. The van der Waals surface area contributed by atoms with Gasteiger partial charge in [0.25, 0.3) is 5.91 Å². The molecular formula is C16H17BrN2O. The van der Waals surface area contributed by atoms with E-state index in [4.69, 9.17) is 0 Å². The molecule has 104 valence electrons. The Balaban J connectivity index is 2.13. The van der Waals surface area contributed by atoms with E-state index in [2.05, 4.69) is 26.6 Å². The van der Waals surface area contributed by atoms with Gasteiger partial charge >= 0.3 is 0 Å². The van der Waals surface area contributed by atoms with Crippen molar-refractivity contribution >= 4 is 33.2 Å². The minimum atomic E-state index is -0.112. The zero-order valence-electron chi connectivity index (χ0n) is 11.5. The molecule has 0 saturated carbocycles. The summed E-state index contributed by atoms with van der Waals surface area (Å²) in [4.78, 5) is 12.2.